The van der Waals surface area contributed by atoms with Crippen LogP contribution < -0.4 is 4.74 Å². The highest BCUT2D eigenvalue weighted by Crippen LogP contribution is 2.36. The molecule has 1 aliphatic carbocycles. The third kappa shape index (κ3) is 2.39. The van der Waals surface area contributed by atoms with Crippen molar-refractivity contribution in [3.05, 3.63) is 34.1 Å². The van der Waals surface area contributed by atoms with Gasteiger partial charge in [0.15, 0.2) is 5.75 Å². The molecule has 0 heterocycles. The summed E-state index contributed by atoms with van der Waals surface area (Å²) in [6, 6.07) is 3.18. The van der Waals surface area contributed by atoms with Crippen molar-refractivity contribution in [1.82, 2.24) is 0 Å². The molecule has 18 heavy (non-hydrogen) atoms. The van der Waals surface area contributed by atoms with Crippen LogP contribution in [0.5, 0.6) is 5.75 Å². The van der Waals surface area contributed by atoms with Gasteiger partial charge in [0.05, 0.1) is 16.4 Å². The van der Waals surface area contributed by atoms with Crippen molar-refractivity contribution in [3.63, 3.8) is 0 Å². The summed E-state index contributed by atoms with van der Waals surface area (Å²) >= 11 is 5.90. The van der Waals surface area contributed by atoms with Gasteiger partial charge in [-0.1, -0.05) is 0 Å². The number of hydrogen-bond acceptors (Lipinski definition) is 4. The predicted molar refractivity (Wildman–Crippen MR) is 62.5 cm³/mol. The Kier molecular flexibility index (Phi) is 3.68. The zero-order valence-electron chi connectivity index (χ0n) is 9.51. The Bertz CT molecular complexity index is 470. The first kappa shape index (κ1) is 13.0. The molecule has 1 aromatic carbocycles. The van der Waals surface area contributed by atoms with Gasteiger partial charge in [-0.15, -0.1) is 11.6 Å². The predicted octanol–water partition coefficient (Wildman–Crippen LogP) is 2.51. The van der Waals surface area contributed by atoms with Crippen LogP contribution in [-0.4, -0.2) is 29.6 Å². The monoisotopic (exact) mass is 275 g/mol. The number of nitro groups is 1. The van der Waals surface area contributed by atoms with Crippen LogP contribution in [0.1, 0.15) is 6.42 Å². The van der Waals surface area contributed by atoms with Gasteiger partial charge in [-0.25, -0.2) is 4.39 Å². The normalized spacial score (nSPS) is 26.5. The summed E-state index contributed by atoms with van der Waals surface area (Å²) in [7, 11) is 1.49. The van der Waals surface area contributed by atoms with E-state index >= 15 is 0 Å². The molecule has 5 nitrogen and oxygen atoms in total. The van der Waals surface area contributed by atoms with E-state index in [-0.39, 0.29) is 23.3 Å². The minimum absolute atomic E-state index is 0.0250. The molecule has 0 aromatic heterocycles. The van der Waals surface area contributed by atoms with Gasteiger partial charge in [0.1, 0.15) is 18.0 Å². The molecular weight excluding hydrogens is 265 g/mol. The SMILES string of the molecule is COC1C(Cl)CC1Oc1ccc(F)cc1[N+](=O)[O-]. The standard InChI is InChI=1S/C11H11ClFNO4/c1-17-11-7(12)5-10(11)18-9-3-2-6(13)4-8(9)14(15)16/h2-4,7,10-11H,5H2,1H3. The highest BCUT2D eigenvalue weighted by atomic mass is 35.5. The molecule has 2 rings (SSSR count). The third-order valence-corrected chi connectivity index (χ3v) is 3.28. The number of halogens is 2. The van der Waals surface area contributed by atoms with Gasteiger partial charge in [0.2, 0.25) is 0 Å². The lowest BCUT2D eigenvalue weighted by molar-refractivity contribution is -0.386. The van der Waals surface area contributed by atoms with Gasteiger partial charge in [-0.05, 0) is 12.1 Å². The number of alkyl halides is 1. The molecule has 3 unspecified atom stereocenters. The van der Waals surface area contributed by atoms with Crippen molar-refractivity contribution < 1.29 is 18.8 Å². The molecule has 1 aliphatic rings. The maximum atomic E-state index is 12.9. The minimum Gasteiger partial charge on any atom is -0.481 e. The molecule has 1 aromatic rings. The highest BCUT2D eigenvalue weighted by molar-refractivity contribution is 6.21. The molecule has 0 amide bonds. The molecule has 1 fully saturated rings. The maximum Gasteiger partial charge on any atom is 0.313 e. The van der Waals surface area contributed by atoms with E-state index in [1.165, 1.54) is 13.2 Å². The Balaban J connectivity index is 2.17. The molecule has 98 valence electrons. The van der Waals surface area contributed by atoms with Crippen LogP contribution in [0.25, 0.3) is 0 Å². The fourth-order valence-corrected chi connectivity index (χ4v) is 2.28. The number of nitrogens with zero attached hydrogens (tertiary/aromatic N) is 1. The van der Waals surface area contributed by atoms with Crippen molar-refractivity contribution in [2.75, 3.05) is 7.11 Å². The van der Waals surface area contributed by atoms with Crippen LogP contribution in [0.3, 0.4) is 0 Å². The summed E-state index contributed by atoms with van der Waals surface area (Å²) in [6.45, 7) is 0. The van der Waals surface area contributed by atoms with Crippen molar-refractivity contribution >= 4 is 17.3 Å². The summed E-state index contributed by atoms with van der Waals surface area (Å²) in [6.07, 6.45) is -0.118. The Labute approximate surface area is 108 Å². The first-order chi connectivity index (χ1) is 8.52. The van der Waals surface area contributed by atoms with Crippen molar-refractivity contribution in [2.45, 2.75) is 24.0 Å². The molecule has 0 saturated heterocycles. The molecule has 0 radical (unpaired) electrons. The van der Waals surface area contributed by atoms with E-state index in [1.54, 1.807) is 0 Å². The van der Waals surface area contributed by atoms with E-state index in [1.807, 2.05) is 0 Å². The van der Waals surface area contributed by atoms with Crippen LogP contribution in [0.4, 0.5) is 10.1 Å². The van der Waals surface area contributed by atoms with E-state index in [0.717, 1.165) is 12.1 Å². The Morgan fingerprint density at radius 2 is 2.28 bits per heavy atom. The molecular formula is C11H11ClFNO4. The highest BCUT2D eigenvalue weighted by Gasteiger charge is 2.43. The van der Waals surface area contributed by atoms with Crippen molar-refractivity contribution in [1.29, 1.82) is 0 Å². The van der Waals surface area contributed by atoms with Crippen LogP contribution in [0.15, 0.2) is 18.2 Å². The fourth-order valence-electron chi connectivity index (χ4n) is 1.84. The largest absolute Gasteiger partial charge is 0.481 e. The Morgan fingerprint density at radius 3 is 2.83 bits per heavy atom. The summed E-state index contributed by atoms with van der Waals surface area (Å²) in [5.74, 6) is -0.654. The zero-order valence-corrected chi connectivity index (χ0v) is 10.3. The Hall–Kier alpha value is -1.40. The second kappa shape index (κ2) is 5.07. The molecule has 0 bridgehead atoms. The van der Waals surface area contributed by atoms with Crippen LogP contribution in [0.2, 0.25) is 0 Å². The molecule has 1 saturated carbocycles. The molecule has 7 heteroatoms. The van der Waals surface area contributed by atoms with E-state index in [2.05, 4.69) is 0 Å². The average molecular weight is 276 g/mol. The number of ether oxygens (including phenoxy) is 2. The number of nitro benzene ring substituents is 1. The number of rotatable bonds is 4. The number of methoxy groups -OCH3 is 1. The van der Waals surface area contributed by atoms with Crippen molar-refractivity contribution in [3.8, 4) is 5.75 Å². The van der Waals surface area contributed by atoms with Crippen molar-refractivity contribution in [2.24, 2.45) is 0 Å². The van der Waals surface area contributed by atoms with Gasteiger partial charge < -0.3 is 9.47 Å². The third-order valence-electron chi connectivity index (χ3n) is 2.85. The van der Waals surface area contributed by atoms with Gasteiger partial charge in [0, 0.05) is 13.5 Å². The fraction of sp³-hybridized carbons (Fsp3) is 0.455. The molecule has 3 atom stereocenters. The second-order valence-corrected chi connectivity index (χ2v) is 4.54. The van der Waals surface area contributed by atoms with E-state index < -0.39 is 16.4 Å². The number of hydrogen-bond donors (Lipinski definition) is 0. The molecule has 0 aliphatic heterocycles. The summed E-state index contributed by atoms with van der Waals surface area (Å²) in [5, 5.41) is 10.6. The quantitative estimate of drug-likeness (QED) is 0.481. The van der Waals surface area contributed by atoms with E-state index in [0.29, 0.717) is 6.42 Å². The van der Waals surface area contributed by atoms with E-state index in [9.17, 15) is 14.5 Å². The van der Waals surface area contributed by atoms with Gasteiger partial charge in [-0.3, -0.25) is 10.1 Å². The molecule has 0 N–H and O–H groups in total. The average Bonchev–Trinajstić information content (AvgIpc) is 2.30. The first-order valence-electron chi connectivity index (χ1n) is 5.30. The van der Waals surface area contributed by atoms with Crippen LogP contribution >= 0.6 is 11.6 Å². The summed E-state index contributed by atoms with van der Waals surface area (Å²) < 4.78 is 23.5. The lowest BCUT2D eigenvalue weighted by atomic mass is 9.91. The van der Waals surface area contributed by atoms with Gasteiger partial charge in [-0.2, -0.15) is 0 Å². The summed E-state index contributed by atoms with van der Waals surface area (Å²) in [4.78, 5) is 10.1. The Morgan fingerprint density at radius 1 is 1.56 bits per heavy atom. The lowest BCUT2D eigenvalue weighted by Gasteiger charge is -2.39. The maximum absolute atomic E-state index is 12.9. The van der Waals surface area contributed by atoms with Crippen LogP contribution in [-0.2, 0) is 4.74 Å². The second-order valence-electron chi connectivity index (χ2n) is 3.98. The van der Waals surface area contributed by atoms with Crippen LogP contribution in [0, 0.1) is 15.9 Å². The lowest BCUT2D eigenvalue weighted by Crippen LogP contribution is -2.52. The van der Waals surface area contributed by atoms with Gasteiger partial charge in [0.25, 0.3) is 0 Å². The summed E-state index contributed by atoms with van der Waals surface area (Å²) in [5.41, 5.74) is -0.400. The molecule has 0 spiro atoms. The number of benzene rings is 1. The first-order valence-corrected chi connectivity index (χ1v) is 5.74. The smallest absolute Gasteiger partial charge is 0.313 e. The zero-order chi connectivity index (χ0) is 13.3. The topological polar surface area (TPSA) is 61.6 Å². The van der Waals surface area contributed by atoms with Gasteiger partial charge >= 0.3 is 5.69 Å². The minimum atomic E-state index is -0.683. The van der Waals surface area contributed by atoms with E-state index in [4.69, 9.17) is 21.1 Å².